The Morgan fingerprint density at radius 2 is 2.10 bits per heavy atom. The Kier molecular flexibility index (Phi) is 7.32. The Bertz CT molecular complexity index is 1020. The van der Waals surface area contributed by atoms with E-state index >= 15 is 0 Å². The quantitative estimate of drug-likeness (QED) is 0.449. The molecule has 0 aliphatic heterocycles. The van der Waals surface area contributed by atoms with Gasteiger partial charge in [-0.05, 0) is 36.8 Å². The van der Waals surface area contributed by atoms with Crippen LogP contribution in [0.4, 0.5) is 18.9 Å². The van der Waals surface area contributed by atoms with Crippen molar-refractivity contribution < 1.29 is 22.5 Å². The first-order chi connectivity index (χ1) is 14.8. The Morgan fingerprint density at radius 3 is 2.77 bits per heavy atom. The Labute approximate surface area is 181 Å². The van der Waals surface area contributed by atoms with Gasteiger partial charge in [0.2, 0.25) is 17.6 Å². The summed E-state index contributed by atoms with van der Waals surface area (Å²) in [7, 11) is 0. The lowest BCUT2D eigenvalue weighted by atomic mass is 10.1. The van der Waals surface area contributed by atoms with Gasteiger partial charge in [0.1, 0.15) is 0 Å². The largest absolute Gasteiger partial charge is 0.418 e. The van der Waals surface area contributed by atoms with E-state index in [1.165, 1.54) is 17.8 Å². The number of rotatable bonds is 8. The minimum atomic E-state index is -4.58. The number of amides is 1. The Balaban J connectivity index is 1.65. The number of halogens is 3. The molecule has 164 valence electrons. The van der Waals surface area contributed by atoms with Crippen LogP contribution in [0.1, 0.15) is 38.1 Å². The third-order valence-corrected chi connectivity index (χ3v) is 5.70. The first-order valence-electron chi connectivity index (χ1n) is 9.67. The predicted molar refractivity (Wildman–Crippen MR) is 112 cm³/mol. The zero-order valence-electron chi connectivity index (χ0n) is 16.9. The van der Waals surface area contributed by atoms with E-state index in [0.29, 0.717) is 16.3 Å². The number of aryl methyl sites for hydroxylation is 1. The summed E-state index contributed by atoms with van der Waals surface area (Å²) >= 11 is 1.36. The number of nitrogens with zero attached hydrogens (tertiary/aromatic N) is 3. The molecule has 0 spiro atoms. The maximum atomic E-state index is 13.5. The van der Waals surface area contributed by atoms with E-state index in [1.54, 1.807) is 30.6 Å². The van der Waals surface area contributed by atoms with E-state index in [-0.39, 0.29) is 29.7 Å². The van der Waals surface area contributed by atoms with Gasteiger partial charge in [-0.2, -0.15) is 18.2 Å². The fraction of sp³-hybridized carbons (Fsp3) is 0.333. The normalized spacial score (nSPS) is 12.5. The molecule has 0 aliphatic carbocycles. The smallest absolute Gasteiger partial charge is 0.339 e. The van der Waals surface area contributed by atoms with Gasteiger partial charge in [0.15, 0.2) is 0 Å². The Morgan fingerprint density at radius 1 is 1.29 bits per heavy atom. The molecular formula is C21H21F3N4O2S. The highest BCUT2D eigenvalue weighted by Gasteiger charge is 2.34. The van der Waals surface area contributed by atoms with Crippen molar-refractivity contribution in [3.8, 4) is 11.4 Å². The number of thioether (sulfide) groups is 1. The van der Waals surface area contributed by atoms with E-state index in [2.05, 4.69) is 20.4 Å². The summed E-state index contributed by atoms with van der Waals surface area (Å²) in [4.78, 5) is 20.9. The molecular weight excluding hydrogens is 429 g/mol. The summed E-state index contributed by atoms with van der Waals surface area (Å²) in [5.41, 5.74) is -0.481. The highest BCUT2D eigenvalue weighted by molar-refractivity contribution is 7.99. The zero-order valence-corrected chi connectivity index (χ0v) is 17.8. The molecule has 6 nitrogen and oxygen atoms in total. The fourth-order valence-corrected chi connectivity index (χ4v) is 3.62. The Hall–Kier alpha value is -2.88. The summed E-state index contributed by atoms with van der Waals surface area (Å²) in [6, 6.07) is 7.43. The van der Waals surface area contributed by atoms with Crippen LogP contribution >= 0.6 is 11.8 Å². The predicted octanol–water partition coefficient (Wildman–Crippen LogP) is 5.61. The van der Waals surface area contributed by atoms with Crippen molar-refractivity contribution in [1.82, 2.24) is 15.1 Å². The van der Waals surface area contributed by atoms with Crippen LogP contribution in [0.15, 0.2) is 52.1 Å². The molecule has 0 bridgehead atoms. The van der Waals surface area contributed by atoms with E-state index < -0.39 is 17.6 Å². The number of hydrogen-bond donors (Lipinski definition) is 1. The molecule has 1 unspecified atom stereocenters. The minimum Gasteiger partial charge on any atom is -0.339 e. The van der Waals surface area contributed by atoms with Crippen molar-refractivity contribution in [2.75, 3.05) is 5.32 Å². The van der Waals surface area contributed by atoms with Crippen LogP contribution < -0.4 is 5.32 Å². The molecule has 1 aromatic carbocycles. The number of anilines is 1. The molecule has 3 aromatic rings. The first-order valence-corrected chi connectivity index (χ1v) is 10.5. The molecule has 10 heteroatoms. The molecule has 0 aliphatic rings. The van der Waals surface area contributed by atoms with Gasteiger partial charge in [-0.1, -0.05) is 19.0 Å². The molecule has 0 saturated heterocycles. The molecule has 3 rings (SSSR count). The lowest BCUT2D eigenvalue weighted by Gasteiger charge is -2.16. The van der Waals surface area contributed by atoms with Crippen molar-refractivity contribution in [3.63, 3.8) is 0 Å². The number of hydrogen-bond acceptors (Lipinski definition) is 6. The second-order valence-electron chi connectivity index (χ2n) is 6.84. The average molecular weight is 450 g/mol. The number of aromatic nitrogens is 3. The number of benzene rings is 1. The van der Waals surface area contributed by atoms with E-state index in [4.69, 9.17) is 4.52 Å². The molecule has 0 fully saturated rings. The molecule has 31 heavy (non-hydrogen) atoms. The summed E-state index contributed by atoms with van der Waals surface area (Å²) in [5.74, 6) is -0.0310. The van der Waals surface area contributed by atoms with Crippen LogP contribution in [-0.4, -0.2) is 26.3 Å². The number of nitrogens with one attached hydrogen (secondary N) is 1. The van der Waals surface area contributed by atoms with Gasteiger partial charge in [-0.3, -0.25) is 9.78 Å². The second kappa shape index (κ2) is 9.95. The van der Waals surface area contributed by atoms with Crippen LogP contribution in [0.3, 0.4) is 0 Å². The third kappa shape index (κ3) is 6.30. The highest BCUT2D eigenvalue weighted by atomic mass is 32.2. The van der Waals surface area contributed by atoms with Crippen molar-refractivity contribution >= 4 is 23.4 Å². The summed E-state index contributed by atoms with van der Waals surface area (Å²) in [5, 5.41) is 6.37. The van der Waals surface area contributed by atoms with Crippen molar-refractivity contribution in [2.45, 2.75) is 49.4 Å². The lowest BCUT2D eigenvalue weighted by molar-refractivity contribution is -0.137. The van der Waals surface area contributed by atoms with Gasteiger partial charge < -0.3 is 9.84 Å². The topological polar surface area (TPSA) is 80.9 Å². The van der Waals surface area contributed by atoms with Gasteiger partial charge in [0, 0.05) is 40.9 Å². The fourth-order valence-electron chi connectivity index (χ4n) is 2.66. The SMILES string of the molecule is CCC(C)Sc1ccc(NC(=O)CCc2nc(-c3cccnc3)no2)c(C(F)(F)F)c1. The van der Waals surface area contributed by atoms with Crippen LogP contribution in [0.2, 0.25) is 0 Å². The monoisotopic (exact) mass is 450 g/mol. The average Bonchev–Trinajstić information content (AvgIpc) is 3.22. The number of alkyl halides is 3. The number of carbonyl (C=O) groups is 1. The van der Waals surface area contributed by atoms with Crippen LogP contribution in [0, 0.1) is 0 Å². The van der Waals surface area contributed by atoms with Crippen molar-refractivity contribution in [1.29, 1.82) is 0 Å². The molecule has 2 heterocycles. The van der Waals surface area contributed by atoms with Crippen molar-refractivity contribution in [3.05, 3.63) is 54.2 Å². The first kappa shape index (κ1) is 22.8. The molecule has 2 aromatic heterocycles. The molecule has 1 N–H and O–H groups in total. The van der Waals surface area contributed by atoms with Gasteiger partial charge in [-0.15, -0.1) is 11.8 Å². The number of carbonyl (C=O) groups excluding carboxylic acids is 1. The maximum absolute atomic E-state index is 13.5. The molecule has 1 amide bonds. The maximum Gasteiger partial charge on any atom is 0.418 e. The van der Waals surface area contributed by atoms with E-state index in [0.717, 1.165) is 12.5 Å². The van der Waals surface area contributed by atoms with Gasteiger partial charge >= 0.3 is 6.18 Å². The van der Waals surface area contributed by atoms with Gasteiger partial charge in [0.05, 0.1) is 11.3 Å². The van der Waals surface area contributed by atoms with Crippen molar-refractivity contribution in [2.24, 2.45) is 0 Å². The standard InChI is InChI=1S/C21H21F3N4O2S/c1-3-13(2)31-15-6-7-17(16(11-15)21(22,23)24)26-18(29)8-9-19-27-20(28-30-19)14-5-4-10-25-12-14/h4-7,10-13H,3,8-9H2,1-2H3,(H,26,29). The van der Waals surface area contributed by atoms with Gasteiger partial charge in [-0.25, -0.2) is 0 Å². The number of pyridine rings is 1. The van der Waals surface area contributed by atoms with Gasteiger partial charge in [0.25, 0.3) is 0 Å². The molecule has 1 atom stereocenters. The van der Waals surface area contributed by atoms with Crippen LogP contribution in [0.5, 0.6) is 0 Å². The summed E-state index contributed by atoms with van der Waals surface area (Å²) < 4.78 is 45.7. The minimum absolute atomic E-state index is 0.0996. The summed E-state index contributed by atoms with van der Waals surface area (Å²) in [6.45, 7) is 3.92. The third-order valence-electron chi connectivity index (χ3n) is 4.44. The van der Waals surface area contributed by atoms with Crippen LogP contribution in [-0.2, 0) is 17.4 Å². The zero-order chi connectivity index (χ0) is 22.4. The van der Waals surface area contributed by atoms with Crippen LogP contribution in [0.25, 0.3) is 11.4 Å². The second-order valence-corrected chi connectivity index (χ2v) is 8.36. The van der Waals surface area contributed by atoms with E-state index in [9.17, 15) is 18.0 Å². The molecule has 0 radical (unpaired) electrons. The van der Waals surface area contributed by atoms with E-state index in [1.807, 2.05) is 13.8 Å². The lowest BCUT2D eigenvalue weighted by Crippen LogP contribution is -2.17. The molecule has 0 saturated carbocycles. The summed E-state index contributed by atoms with van der Waals surface area (Å²) in [6.07, 6.45) is -0.566. The highest BCUT2D eigenvalue weighted by Crippen LogP contribution is 2.38.